The molecule has 3 nitrogen and oxygen atoms in total. The minimum atomic E-state index is -4.71. The smallest absolute Gasteiger partial charge is 0.417 e. The van der Waals surface area contributed by atoms with Gasteiger partial charge in [0.25, 0.3) is 0 Å². The maximum absolute atomic E-state index is 12.8. The predicted molar refractivity (Wildman–Crippen MR) is 61.5 cm³/mol. The fourth-order valence-electron chi connectivity index (χ4n) is 1.40. The van der Waals surface area contributed by atoms with Crippen LogP contribution in [0.1, 0.15) is 26.3 Å². The van der Waals surface area contributed by atoms with Gasteiger partial charge in [-0.05, 0) is 12.1 Å². The van der Waals surface area contributed by atoms with Crippen LogP contribution in [-0.4, -0.2) is 24.5 Å². The van der Waals surface area contributed by atoms with Gasteiger partial charge in [-0.3, -0.25) is 9.59 Å². The first-order valence-corrected chi connectivity index (χ1v) is 5.80. The van der Waals surface area contributed by atoms with E-state index in [-0.39, 0.29) is 22.9 Å². The number of halogens is 4. The minimum absolute atomic E-state index is 0.0673. The van der Waals surface area contributed by atoms with E-state index in [0.717, 1.165) is 6.07 Å². The van der Waals surface area contributed by atoms with Crippen molar-refractivity contribution in [2.75, 3.05) is 12.4 Å². The highest BCUT2D eigenvalue weighted by Gasteiger charge is 2.36. The van der Waals surface area contributed by atoms with Crippen LogP contribution in [-0.2, 0) is 6.18 Å². The van der Waals surface area contributed by atoms with Gasteiger partial charge in [0.1, 0.15) is 5.75 Å². The molecule has 0 fully saturated rings. The molecule has 0 radical (unpaired) electrons. The number of benzene rings is 1. The van der Waals surface area contributed by atoms with Gasteiger partial charge in [-0.25, -0.2) is 0 Å². The van der Waals surface area contributed by atoms with E-state index in [1.807, 2.05) is 0 Å². The predicted octanol–water partition coefficient (Wildman–Crippen LogP) is 3.10. The number of Topliss-reactive ketones (excluding diaryl/α,β-unsaturated/α-hetero) is 1. The SMILES string of the molecule is COc1cc(C(=O)CBr)c(C(F)(F)F)cc1C=O. The van der Waals surface area contributed by atoms with E-state index in [2.05, 4.69) is 15.9 Å². The summed E-state index contributed by atoms with van der Waals surface area (Å²) >= 11 is 2.81. The third-order valence-electron chi connectivity index (χ3n) is 2.22. The molecule has 0 N–H and O–H groups in total. The fourth-order valence-corrected chi connectivity index (χ4v) is 1.70. The van der Waals surface area contributed by atoms with E-state index >= 15 is 0 Å². The maximum atomic E-state index is 12.8. The number of alkyl halides is 4. The topological polar surface area (TPSA) is 43.4 Å². The van der Waals surface area contributed by atoms with Crippen molar-refractivity contribution in [2.24, 2.45) is 0 Å². The van der Waals surface area contributed by atoms with Crippen LogP contribution >= 0.6 is 15.9 Å². The Kier molecular flexibility index (Phi) is 4.50. The summed E-state index contributed by atoms with van der Waals surface area (Å²) in [5.74, 6) is -0.805. The van der Waals surface area contributed by atoms with E-state index < -0.39 is 23.1 Å². The monoisotopic (exact) mass is 324 g/mol. The normalized spacial score (nSPS) is 11.2. The molecular weight excluding hydrogens is 317 g/mol. The minimum Gasteiger partial charge on any atom is -0.496 e. The third kappa shape index (κ3) is 2.90. The molecule has 0 unspecified atom stereocenters. The lowest BCUT2D eigenvalue weighted by Gasteiger charge is -2.14. The average molecular weight is 325 g/mol. The fraction of sp³-hybridized carbons (Fsp3) is 0.273. The Labute approximate surface area is 109 Å². The van der Waals surface area contributed by atoms with Crippen molar-refractivity contribution < 1.29 is 27.5 Å². The zero-order chi connectivity index (χ0) is 13.9. The molecular formula is C11H8BrF3O3. The summed E-state index contributed by atoms with van der Waals surface area (Å²) < 4.78 is 43.1. The van der Waals surface area contributed by atoms with Gasteiger partial charge in [0, 0.05) is 5.56 Å². The maximum Gasteiger partial charge on any atom is 0.417 e. The standard InChI is InChI=1S/C11H8BrF3O3/c1-18-10-3-7(9(17)4-12)8(11(13,14)15)2-6(10)5-16/h2-3,5H,4H2,1H3. The van der Waals surface area contributed by atoms with Gasteiger partial charge in [-0.2, -0.15) is 13.2 Å². The van der Waals surface area contributed by atoms with Crippen LogP contribution in [0.2, 0.25) is 0 Å². The number of rotatable bonds is 4. The molecule has 1 rings (SSSR count). The van der Waals surface area contributed by atoms with Crippen LogP contribution in [0.4, 0.5) is 13.2 Å². The summed E-state index contributed by atoms with van der Waals surface area (Å²) in [4.78, 5) is 22.1. The van der Waals surface area contributed by atoms with E-state index in [1.165, 1.54) is 7.11 Å². The molecule has 98 valence electrons. The first-order valence-electron chi connectivity index (χ1n) is 4.68. The van der Waals surface area contributed by atoms with Gasteiger partial charge in [0.05, 0.1) is 23.6 Å². The van der Waals surface area contributed by atoms with Crippen LogP contribution in [0, 0.1) is 0 Å². The quantitative estimate of drug-likeness (QED) is 0.485. The molecule has 1 aromatic rings. The molecule has 0 bridgehead atoms. The molecule has 0 atom stereocenters. The zero-order valence-electron chi connectivity index (χ0n) is 9.18. The van der Waals surface area contributed by atoms with E-state index in [0.29, 0.717) is 6.07 Å². The second kappa shape index (κ2) is 5.51. The van der Waals surface area contributed by atoms with Crippen molar-refractivity contribution in [1.82, 2.24) is 0 Å². The molecule has 18 heavy (non-hydrogen) atoms. The first kappa shape index (κ1) is 14.7. The Bertz CT molecular complexity index is 483. The summed E-state index contributed by atoms with van der Waals surface area (Å²) in [6.45, 7) is 0. The van der Waals surface area contributed by atoms with Crippen LogP contribution in [0.15, 0.2) is 12.1 Å². The highest BCUT2D eigenvalue weighted by Crippen LogP contribution is 2.35. The molecule has 0 saturated heterocycles. The third-order valence-corrected chi connectivity index (χ3v) is 2.73. The van der Waals surface area contributed by atoms with E-state index in [4.69, 9.17) is 4.74 Å². The summed E-state index contributed by atoms with van der Waals surface area (Å²) in [5, 5.41) is -0.250. The highest BCUT2D eigenvalue weighted by molar-refractivity contribution is 9.09. The number of hydrogen-bond donors (Lipinski definition) is 0. The van der Waals surface area contributed by atoms with Crippen molar-refractivity contribution in [3.63, 3.8) is 0 Å². The lowest BCUT2D eigenvalue weighted by atomic mass is 10.00. The van der Waals surface area contributed by atoms with Crippen LogP contribution < -0.4 is 4.74 Å². The Hall–Kier alpha value is -1.37. The molecule has 0 amide bonds. The Morgan fingerprint density at radius 3 is 2.44 bits per heavy atom. The number of ketones is 1. The van der Waals surface area contributed by atoms with Crippen LogP contribution in [0.3, 0.4) is 0 Å². The Morgan fingerprint density at radius 2 is 2.06 bits per heavy atom. The molecule has 0 aromatic heterocycles. The largest absolute Gasteiger partial charge is 0.496 e. The van der Waals surface area contributed by atoms with Gasteiger partial charge in [-0.15, -0.1) is 0 Å². The molecule has 0 saturated carbocycles. The average Bonchev–Trinajstić information content (AvgIpc) is 2.34. The number of methoxy groups -OCH3 is 1. The van der Waals surface area contributed by atoms with E-state index in [1.54, 1.807) is 0 Å². The van der Waals surface area contributed by atoms with Gasteiger partial charge in [0.15, 0.2) is 12.1 Å². The second-order valence-corrected chi connectivity index (χ2v) is 3.87. The van der Waals surface area contributed by atoms with Gasteiger partial charge >= 0.3 is 6.18 Å². The van der Waals surface area contributed by atoms with Gasteiger partial charge in [0.2, 0.25) is 0 Å². The number of hydrogen-bond acceptors (Lipinski definition) is 3. The summed E-state index contributed by atoms with van der Waals surface area (Å²) in [7, 11) is 1.21. The van der Waals surface area contributed by atoms with Crippen molar-refractivity contribution in [3.8, 4) is 5.75 Å². The highest BCUT2D eigenvalue weighted by atomic mass is 79.9. The van der Waals surface area contributed by atoms with Crippen molar-refractivity contribution >= 4 is 28.0 Å². The summed E-state index contributed by atoms with van der Waals surface area (Å²) in [5.41, 5.74) is -1.92. The van der Waals surface area contributed by atoms with Crippen molar-refractivity contribution in [3.05, 3.63) is 28.8 Å². The number of ether oxygens (including phenoxy) is 1. The molecule has 0 heterocycles. The molecule has 1 aromatic carbocycles. The molecule has 0 aliphatic heterocycles. The van der Waals surface area contributed by atoms with Crippen molar-refractivity contribution in [2.45, 2.75) is 6.18 Å². The van der Waals surface area contributed by atoms with Crippen LogP contribution in [0.25, 0.3) is 0 Å². The Balaban J connectivity index is 3.56. The van der Waals surface area contributed by atoms with Crippen molar-refractivity contribution in [1.29, 1.82) is 0 Å². The molecule has 7 heteroatoms. The van der Waals surface area contributed by atoms with Gasteiger partial charge < -0.3 is 4.74 Å². The lowest BCUT2D eigenvalue weighted by Crippen LogP contribution is -2.15. The number of aldehydes is 1. The Morgan fingerprint density at radius 1 is 1.44 bits per heavy atom. The number of carbonyl (C=O) groups excluding carboxylic acids is 2. The lowest BCUT2D eigenvalue weighted by molar-refractivity contribution is -0.137. The van der Waals surface area contributed by atoms with E-state index in [9.17, 15) is 22.8 Å². The molecule has 0 spiro atoms. The van der Waals surface area contributed by atoms with Crippen LogP contribution in [0.5, 0.6) is 5.75 Å². The summed E-state index contributed by atoms with van der Waals surface area (Å²) in [6.07, 6.45) is -4.46. The summed E-state index contributed by atoms with van der Waals surface area (Å²) in [6, 6.07) is 1.54. The zero-order valence-corrected chi connectivity index (χ0v) is 10.8. The van der Waals surface area contributed by atoms with Gasteiger partial charge in [-0.1, -0.05) is 15.9 Å². The molecule has 0 aliphatic rings. The second-order valence-electron chi connectivity index (χ2n) is 3.31. The first-order chi connectivity index (χ1) is 8.35. The molecule has 0 aliphatic carbocycles. The number of carbonyl (C=O) groups is 2.